The van der Waals surface area contributed by atoms with Gasteiger partial charge in [-0.2, -0.15) is 0 Å². The van der Waals surface area contributed by atoms with Crippen molar-refractivity contribution in [2.45, 2.75) is 6.42 Å². The molecule has 0 spiro atoms. The van der Waals surface area contributed by atoms with Crippen molar-refractivity contribution in [1.82, 2.24) is 5.32 Å². The number of aromatic hydroxyl groups is 1. The lowest BCUT2D eigenvalue weighted by Crippen LogP contribution is -2.25. The van der Waals surface area contributed by atoms with Gasteiger partial charge in [0.25, 0.3) is 5.91 Å². The fourth-order valence-corrected chi connectivity index (χ4v) is 1.77. The van der Waals surface area contributed by atoms with Gasteiger partial charge in [0, 0.05) is 12.2 Å². The molecule has 0 radical (unpaired) electrons. The number of phenols is 1. The van der Waals surface area contributed by atoms with Crippen LogP contribution in [-0.2, 0) is 6.42 Å². The first kappa shape index (κ1) is 13.0. The molecule has 0 atom stereocenters. The molecule has 0 heterocycles. The average molecular weight is 256 g/mol. The fraction of sp³-hybridized carbons (Fsp3) is 0.133. The second-order valence-corrected chi connectivity index (χ2v) is 4.26. The van der Waals surface area contributed by atoms with Crippen molar-refractivity contribution in [2.24, 2.45) is 0 Å². The minimum absolute atomic E-state index is 0.00696. The molecule has 98 valence electrons. The van der Waals surface area contributed by atoms with Crippen molar-refractivity contribution < 1.29 is 9.90 Å². The maximum absolute atomic E-state index is 11.8. The van der Waals surface area contributed by atoms with E-state index in [0.29, 0.717) is 12.1 Å². The molecule has 4 heteroatoms. The monoisotopic (exact) mass is 256 g/mol. The molecule has 0 aliphatic rings. The number of carbonyl (C=O) groups is 1. The van der Waals surface area contributed by atoms with E-state index in [0.717, 1.165) is 17.7 Å². The number of nitrogen functional groups attached to an aromatic ring is 1. The zero-order valence-corrected chi connectivity index (χ0v) is 10.5. The average Bonchev–Trinajstić information content (AvgIpc) is 2.41. The molecule has 0 aliphatic carbocycles. The third-order valence-electron chi connectivity index (χ3n) is 2.83. The first-order valence-electron chi connectivity index (χ1n) is 6.07. The van der Waals surface area contributed by atoms with Gasteiger partial charge in [0.15, 0.2) is 0 Å². The highest BCUT2D eigenvalue weighted by atomic mass is 16.3. The summed E-state index contributed by atoms with van der Waals surface area (Å²) in [4.78, 5) is 11.8. The van der Waals surface area contributed by atoms with Crippen LogP contribution in [0.2, 0.25) is 0 Å². The van der Waals surface area contributed by atoms with E-state index in [1.54, 1.807) is 18.2 Å². The Kier molecular flexibility index (Phi) is 4.03. The number of nitrogens with one attached hydrogen (secondary N) is 1. The summed E-state index contributed by atoms with van der Waals surface area (Å²) in [5, 5.41) is 12.3. The third-order valence-corrected chi connectivity index (χ3v) is 2.83. The van der Waals surface area contributed by atoms with Crippen LogP contribution in [0.5, 0.6) is 5.75 Å². The summed E-state index contributed by atoms with van der Waals surface area (Å²) in [7, 11) is 0. The predicted octanol–water partition coefficient (Wildman–Crippen LogP) is 1.95. The molecule has 0 bridgehead atoms. The normalized spacial score (nSPS) is 10.1. The second-order valence-electron chi connectivity index (χ2n) is 4.26. The van der Waals surface area contributed by atoms with Crippen LogP contribution in [0.3, 0.4) is 0 Å². The zero-order valence-electron chi connectivity index (χ0n) is 10.5. The van der Waals surface area contributed by atoms with Crippen molar-refractivity contribution in [3.63, 3.8) is 0 Å². The predicted molar refractivity (Wildman–Crippen MR) is 75.0 cm³/mol. The number of anilines is 1. The van der Waals surface area contributed by atoms with Crippen molar-refractivity contribution in [2.75, 3.05) is 12.3 Å². The Morgan fingerprint density at radius 2 is 1.79 bits per heavy atom. The first-order chi connectivity index (χ1) is 9.16. The smallest absolute Gasteiger partial charge is 0.255 e. The van der Waals surface area contributed by atoms with Gasteiger partial charge in [-0.15, -0.1) is 0 Å². The van der Waals surface area contributed by atoms with Gasteiger partial charge in [-0.1, -0.05) is 24.3 Å². The van der Waals surface area contributed by atoms with Crippen LogP contribution in [0.1, 0.15) is 15.9 Å². The van der Waals surface area contributed by atoms with Crippen LogP contribution in [0.15, 0.2) is 48.5 Å². The van der Waals surface area contributed by atoms with Gasteiger partial charge in [0.2, 0.25) is 0 Å². The molecule has 4 N–H and O–H groups in total. The number of phenolic OH excluding ortho intramolecular Hbond substituents is 1. The van der Waals surface area contributed by atoms with E-state index >= 15 is 0 Å². The molecule has 1 amide bonds. The lowest BCUT2D eigenvalue weighted by Gasteiger charge is -2.07. The summed E-state index contributed by atoms with van der Waals surface area (Å²) in [6.45, 7) is 0.511. The molecule has 0 saturated carbocycles. The lowest BCUT2D eigenvalue weighted by atomic mass is 10.1. The van der Waals surface area contributed by atoms with Crippen molar-refractivity contribution in [3.8, 4) is 5.75 Å². The summed E-state index contributed by atoms with van der Waals surface area (Å²) >= 11 is 0. The number of hydrogen-bond acceptors (Lipinski definition) is 3. The number of benzene rings is 2. The Labute approximate surface area is 111 Å². The molecule has 19 heavy (non-hydrogen) atoms. The van der Waals surface area contributed by atoms with Gasteiger partial charge >= 0.3 is 0 Å². The maximum atomic E-state index is 11.8. The van der Waals surface area contributed by atoms with Crippen LogP contribution in [0.25, 0.3) is 0 Å². The van der Waals surface area contributed by atoms with Gasteiger partial charge in [0.1, 0.15) is 5.75 Å². The molecule has 4 nitrogen and oxygen atoms in total. The summed E-state index contributed by atoms with van der Waals surface area (Å²) in [6, 6.07) is 14.0. The third kappa shape index (κ3) is 3.48. The minimum atomic E-state index is -0.270. The van der Waals surface area contributed by atoms with E-state index in [2.05, 4.69) is 5.32 Å². The molecule has 2 aromatic rings. The molecule has 2 rings (SSSR count). The van der Waals surface area contributed by atoms with Crippen molar-refractivity contribution in [1.29, 1.82) is 0 Å². The highest BCUT2D eigenvalue weighted by Gasteiger charge is 2.08. The topological polar surface area (TPSA) is 75.3 Å². The Bertz CT molecular complexity index is 565. The Hall–Kier alpha value is -2.49. The zero-order chi connectivity index (χ0) is 13.7. The highest BCUT2D eigenvalue weighted by molar-refractivity contribution is 5.96. The first-order valence-corrected chi connectivity index (χ1v) is 6.07. The molecular weight excluding hydrogens is 240 g/mol. The quantitative estimate of drug-likeness (QED) is 0.732. The van der Waals surface area contributed by atoms with E-state index < -0.39 is 0 Å². The molecule has 2 aromatic carbocycles. The number of rotatable bonds is 4. The Morgan fingerprint density at radius 3 is 2.47 bits per heavy atom. The van der Waals surface area contributed by atoms with Gasteiger partial charge in [0.05, 0.1) is 5.56 Å². The van der Waals surface area contributed by atoms with E-state index in [9.17, 15) is 9.90 Å². The van der Waals surface area contributed by atoms with Crippen molar-refractivity contribution >= 4 is 11.6 Å². The summed E-state index contributed by atoms with van der Waals surface area (Å²) in [5.41, 5.74) is 7.72. The molecule has 0 unspecified atom stereocenters. The Morgan fingerprint density at radius 1 is 1.11 bits per heavy atom. The SMILES string of the molecule is Nc1ccc(CCNC(=O)c2ccccc2O)cc1. The van der Waals surface area contributed by atoms with E-state index in [1.165, 1.54) is 6.07 Å². The van der Waals surface area contributed by atoms with Crippen LogP contribution in [-0.4, -0.2) is 17.6 Å². The highest BCUT2D eigenvalue weighted by Crippen LogP contribution is 2.15. The molecule has 0 fully saturated rings. The maximum Gasteiger partial charge on any atom is 0.255 e. The molecule has 0 saturated heterocycles. The fourth-order valence-electron chi connectivity index (χ4n) is 1.77. The van der Waals surface area contributed by atoms with Crippen LogP contribution < -0.4 is 11.1 Å². The molecule has 0 aliphatic heterocycles. The van der Waals surface area contributed by atoms with E-state index in [4.69, 9.17) is 5.73 Å². The minimum Gasteiger partial charge on any atom is -0.507 e. The van der Waals surface area contributed by atoms with Crippen LogP contribution >= 0.6 is 0 Å². The lowest BCUT2D eigenvalue weighted by molar-refractivity contribution is 0.0951. The van der Waals surface area contributed by atoms with Gasteiger partial charge < -0.3 is 16.2 Å². The largest absolute Gasteiger partial charge is 0.507 e. The summed E-state index contributed by atoms with van der Waals surface area (Å²) in [5.74, 6) is -0.277. The van der Waals surface area contributed by atoms with Crippen LogP contribution in [0, 0.1) is 0 Å². The van der Waals surface area contributed by atoms with Gasteiger partial charge in [-0.25, -0.2) is 0 Å². The Balaban J connectivity index is 1.88. The second kappa shape index (κ2) is 5.91. The number of hydrogen-bond donors (Lipinski definition) is 3. The number of amides is 1. The van der Waals surface area contributed by atoms with E-state index in [-0.39, 0.29) is 11.7 Å². The molecule has 0 aromatic heterocycles. The van der Waals surface area contributed by atoms with E-state index in [1.807, 2.05) is 24.3 Å². The number of para-hydroxylation sites is 1. The summed E-state index contributed by atoms with van der Waals surface area (Å²) in [6.07, 6.45) is 0.722. The molecular formula is C15H16N2O2. The summed E-state index contributed by atoms with van der Waals surface area (Å²) < 4.78 is 0. The number of carbonyl (C=O) groups excluding carboxylic acids is 1. The number of nitrogens with two attached hydrogens (primary N) is 1. The van der Waals surface area contributed by atoms with Gasteiger partial charge in [-0.05, 0) is 36.2 Å². The standard InChI is InChI=1S/C15H16N2O2/c16-12-7-5-11(6-8-12)9-10-17-15(19)13-3-1-2-4-14(13)18/h1-8,18H,9-10,16H2,(H,17,19). The van der Waals surface area contributed by atoms with Crippen LogP contribution in [0.4, 0.5) is 5.69 Å². The van der Waals surface area contributed by atoms with Crippen molar-refractivity contribution in [3.05, 3.63) is 59.7 Å². The van der Waals surface area contributed by atoms with Gasteiger partial charge in [-0.3, -0.25) is 4.79 Å².